The van der Waals surface area contributed by atoms with Crippen LogP contribution in [0, 0.1) is 12.7 Å². The minimum Gasteiger partial charge on any atom is -0.507 e. The number of anilines is 2. The monoisotopic (exact) mass is 524 g/mol. The first-order valence-electron chi connectivity index (χ1n) is 12.3. The number of hydrogen-bond donors (Lipinski definition) is 2. The average Bonchev–Trinajstić information content (AvgIpc) is 2.88. The van der Waals surface area contributed by atoms with E-state index in [1.54, 1.807) is 19.3 Å². The number of rotatable bonds is 8. The van der Waals surface area contributed by atoms with Crippen LogP contribution < -0.4 is 10.2 Å². The Bertz CT molecular complexity index is 1300. The molecule has 202 valence electrons. The van der Waals surface area contributed by atoms with Crippen molar-refractivity contribution >= 4 is 29.3 Å². The maximum absolute atomic E-state index is 15.7. The van der Waals surface area contributed by atoms with Gasteiger partial charge < -0.3 is 15.3 Å². The first-order valence-corrected chi connectivity index (χ1v) is 12.3. The molecule has 1 fully saturated rings. The molecular formula is C28H34F2N6O2. The number of amides is 1. The van der Waals surface area contributed by atoms with Gasteiger partial charge in [0.1, 0.15) is 23.1 Å². The number of aryl methyl sites for hydroxylation is 1. The van der Waals surface area contributed by atoms with Crippen LogP contribution in [0.25, 0.3) is 5.57 Å². The number of aliphatic imine (C=N–C) groups is 1. The standard InChI is InChI=1S/C28H34F2N6O2/c1-8-22(38)23(19(6)29)25-21(30)13-20(27(31-7)35-12-11-32-14-18(35)5)28(34-25)36(15-37)26-17(4)9-10-33-24(26)16(2)3/h8-10,13,15-16,18,32,38H,1,6,11-12,14H2,2-5,7H3/b23-22-,31-27?. The van der Waals surface area contributed by atoms with Crippen LogP contribution in [0.4, 0.5) is 20.3 Å². The second kappa shape index (κ2) is 12.1. The Hall–Kier alpha value is -3.92. The fourth-order valence-corrected chi connectivity index (χ4v) is 4.57. The van der Waals surface area contributed by atoms with E-state index in [4.69, 9.17) is 0 Å². The molecule has 0 radical (unpaired) electrons. The summed E-state index contributed by atoms with van der Waals surface area (Å²) in [4.78, 5) is 29.4. The second-order valence-electron chi connectivity index (χ2n) is 9.34. The molecule has 0 aromatic carbocycles. The zero-order valence-corrected chi connectivity index (χ0v) is 22.4. The van der Waals surface area contributed by atoms with Gasteiger partial charge in [0, 0.05) is 38.9 Å². The molecule has 1 atom stereocenters. The minimum atomic E-state index is -1.11. The Kier molecular flexibility index (Phi) is 9.11. The molecule has 0 bridgehead atoms. The lowest BCUT2D eigenvalue weighted by Crippen LogP contribution is -2.52. The van der Waals surface area contributed by atoms with Gasteiger partial charge in [-0.25, -0.2) is 13.8 Å². The number of allylic oxidation sites excluding steroid dienone is 3. The number of aliphatic hydroxyl groups excluding tert-OH is 1. The van der Waals surface area contributed by atoms with Crippen LogP contribution in [0.5, 0.6) is 0 Å². The van der Waals surface area contributed by atoms with Crippen molar-refractivity contribution in [2.24, 2.45) is 4.99 Å². The third kappa shape index (κ3) is 5.50. The maximum Gasteiger partial charge on any atom is 0.219 e. The van der Waals surface area contributed by atoms with Crippen molar-refractivity contribution < 1.29 is 18.7 Å². The number of halogens is 2. The number of aliphatic hydroxyl groups is 1. The van der Waals surface area contributed by atoms with Gasteiger partial charge in [0.25, 0.3) is 0 Å². The summed E-state index contributed by atoms with van der Waals surface area (Å²) >= 11 is 0. The van der Waals surface area contributed by atoms with Crippen molar-refractivity contribution in [3.63, 3.8) is 0 Å². The smallest absolute Gasteiger partial charge is 0.219 e. The molecule has 1 aliphatic heterocycles. The van der Waals surface area contributed by atoms with Crippen molar-refractivity contribution in [1.82, 2.24) is 20.2 Å². The molecule has 3 rings (SSSR count). The van der Waals surface area contributed by atoms with Crippen LogP contribution in [0.2, 0.25) is 0 Å². The van der Waals surface area contributed by atoms with Crippen molar-refractivity contribution in [2.75, 3.05) is 31.6 Å². The maximum atomic E-state index is 15.7. The predicted molar refractivity (Wildman–Crippen MR) is 147 cm³/mol. The Morgan fingerprint density at radius 1 is 1.42 bits per heavy atom. The zero-order valence-electron chi connectivity index (χ0n) is 22.4. The van der Waals surface area contributed by atoms with Crippen LogP contribution in [0.1, 0.15) is 49.2 Å². The molecule has 3 heterocycles. The van der Waals surface area contributed by atoms with E-state index in [0.29, 0.717) is 43.3 Å². The highest BCUT2D eigenvalue weighted by Gasteiger charge is 2.31. The van der Waals surface area contributed by atoms with Crippen LogP contribution in [0.3, 0.4) is 0 Å². The van der Waals surface area contributed by atoms with Crippen molar-refractivity contribution in [1.29, 1.82) is 0 Å². The van der Waals surface area contributed by atoms with E-state index in [2.05, 4.69) is 33.4 Å². The highest BCUT2D eigenvalue weighted by molar-refractivity contribution is 6.06. The highest BCUT2D eigenvalue weighted by Crippen LogP contribution is 2.37. The first kappa shape index (κ1) is 28.6. The molecule has 0 spiro atoms. The first-order chi connectivity index (χ1) is 18.1. The minimum absolute atomic E-state index is 0.0105. The summed E-state index contributed by atoms with van der Waals surface area (Å²) < 4.78 is 30.2. The zero-order chi connectivity index (χ0) is 28.1. The normalized spacial score (nSPS) is 16.8. The van der Waals surface area contributed by atoms with Gasteiger partial charge in [-0.15, -0.1) is 0 Å². The average molecular weight is 525 g/mol. The summed E-state index contributed by atoms with van der Waals surface area (Å²) in [6, 6.07) is 2.93. The fraction of sp³-hybridized carbons (Fsp3) is 0.357. The van der Waals surface area contributed by atoms with Crippen molar-refractivity contribution in [3.05, 3.63) is 77.5 Å². The molecule has 10 heteroatoms. The Labute approximate surface area is 222 Å². The van der Waals surface area contributed by atoms with E-state index in [0.717, 1.165) is 17.7 Å². The molecule has 1 amide bonds. The number of piperazine rings is 1. The lowest BCUT2D eigenvalue weighted by Gasteiger charge is -2.37. The van der Waals surface area contributed by atoms with E-state index in [1.165, 1.54) is 4.90 Å². The predicted octanol–water partition coefficient (Wildman–Crippen LogP) is 4.95. The molecule has 2 aromatic heterocycles. The van der Waals surface area contributed by atoms with E-state index in [9.17, 15) is 14.3 Å². The van der Waals surface area contributed by atoms with E-state index in [1.807, 2.05) is 32.6 Å². The van der Waals surface area contributed by atoms with Gasteiger partial charge >= 0.3 is 0 Å². The molecule has 1 aliphatic rings. The van der Waals surface area contributed by atoms with Crippen molar-refractivity contribution in [3.8, 4) is 0 Å². The quantitative estimate of drug-likeness (QED) is 0.167. The summed E-state index contributed by atoms with van der Waals surface area (Å²) in [6.07, 6.45) is 3.19. The molecule has 38 heavy (non-hydrogen) atoms. The molecule has 0 saturated carbocycles. The largest absolute Gasteiger partial charge is 0.507 e. The summed E-state index contributed by atoms with van der Waals surface area (Å²) in [5, 5.41) is 13.6. The van der Waals surface area contributed by atoms with Gasteiger partial charge in [-0.2, -0.15) is 0 Å². The Morgan fingerprint density at radius 2 is 2.13 bits per heavy atom. The molecular weight excluding hydrogens is 490 g/mol. The fourth-order valence-electron chi connectivity index (χ4n) is 4.57. The summed E-state index contributed by atoms with van der Waals surface area (Å²) in [5.74, 6) is -2.30. The van der Waals surface area contributed by atoms with Gasteiger partial charge in [-0.05, 0) is 43.5 Å². The third-order valence-electron chi connectivity index (χ3n) is 6.42. The number of carbonyl (C=O) groups excluding carboxylic acids is 1. The van der Waals surface area contributed by atoms with Crippen LogP contribution >= 0.6 is 0 Å². The van der Waals surface area contributed by atoms with E-state index < -0.39 is 28.7 Å². The van der Waals surface area contributed by atoms with Crippen LogP contribution in [-0.2, 0) is 4.79 Å². The lowest BCUT2D eigenvalue weighted by molar-refractivity contribution is -0.106. The number of pyridine rings is 2. The molecule has 2 aromatic rings. The lowest BCUT2D eigenvalue weighted by atomic mass is 10.0. The molecule has 8 nitrogen and oxygen atoms in total. The molecule has 0 aliphatic carbocycles. The highest BCUT2D eigenvalue weighted by atomic mass is 19.1. The second-order valence-corrected chi connectivity index (χ2v) is 9.34. The van der Waals surface area contributed by atoms with Crippen molar-refractivity contribution in [2.45, 2.75) is 39.7 Å². The van der Waals surface area contributed by atoms with Crippen LogP contribution in [0.15, 0.2) is 54.1 Å². The number of hydrogen-bond acceptors (Lipinski definition) is 6. The number of amidine groups is 1. The third-order valence-corrected chi connectivity index (χ3v) is 6.42. The van der Waals surface area contributed by atoms with Gasteiger partial charge in [0.2, 0.25) is 6.41 Å². The van der Waals surface area contributed by atoms with E-state index >= 15 is 4.39 Å². The van der Waals surface area contributed by atoms with Gasteiger partial charge in [0.15, 0.2) is 11.6 Å². The summed E-state index contributed by atoms with van der Waals surface area (Å²) in [6.45, 7) is 16.3. The van der Waals surface area contributed by atoms with Gasteiger partial charge in [0.05, 0.1) is 22.5 Å². The van der Waals surface area contributed by atoms with Crippen LogP contribution in [-0.4, -0.2) is 64.9 Å². The molecule has 1 unspecified atom stereocenters. The van der Waals surface area contributed by atoms with Gasteiger partial charge in [-0.1, -0.05) is 27.0 Å². The molecule has 1 saturated heterocycles. The van der Waals surface area contributed by atoms with Gasteiger partial charge in [-0.3, -0.25) is 19.7 Å². The topological polar surface area (TPSA) is 94.0 Å². The van der Waals surface area contributed by atoms with E-state index in [-0.39, 0.29) is 23.3 Å². The molecule has 2 N–H and O–H groups in total. The SMILES string of the molecule is C=C/C(O)=C(\C(=C)F)c1nc(N(C=O)c2c(C)ccnc2C(C)C)c(C(=NC)N2CCNCC2C)cc1F. The Morgan fingerprint density at radius 3 is 2.68 bits per heavy atom. The number of nitrogens with zero attached hydrogens (tertiary/aromatic N) is 5. The Balaban J connectivity index is 2.43. The summed E-state index contributed by atoms with van der Waals surface area (Å²) in [5.41, 5.74) is 0.991. The number of nitrogens with one attached hydrogen (secondary N) is 1. The summed E-state index contributed by atoms with van der Waals surface area (Å²) in [7, 11) is 1.58. The number of aromatic nitrogens is 2. The number of carbonyl (C=O) groups is 1.